The van der Waals surface area contributed by atoms with Gasteiger partial charge in [0.25, 0.3) is 0 Å². The molecule has 4 N–H and O–H groups in total. The van der Waals surface area contributed by atoms with Crippen molar-refractivity contribution in [2.45, 2.75) is 45.9 Å². The molecule has 1 unspecified atom stereocenters. The summed E-state index contributed by atoms with van der Waals surface area (Å²) in [6, 6.07) is 0. The molecule has 0 saturated carbocycles. The number of carbonyl (C=O) groups excluding carboxylic acids is 1. The van der Waals surface area contributed by atoms with E-state index in [0.717, 1.165) is 12.8 Å². The minimum atomic E-state index is -0.533. The lowest BCUT2D eigenvalue weighted by Gasteiger charge is -2.17. The van der Waals surface area contributed by atoms with Crippen molar-refractivity contribution < 1.29 is 24.2 Å². The average Bonchev–Trinajstić information content (AvgIpc) is 2.90. The van der Waals surface area contributed by atoms with E-state index in [2.05, 4.69) is 10.5 Å². The van der Waals surface area contributed by atoms with Crippen LogP contribution in [0.2, 0.25) is 0 Å². The molecule has 0 amide bonds. The van der Waals surface area contributed by atoms with Crippen molar-refractivity contribution in [3.63, 3.8) is 0 Å². The zero-order chi connectivity index (χ0) is 16.6. The fourth-order valence-corrected chi connectivity index (χ4v) is 1.72. The molecule has 1 rings (SSSR count). The Balaban J connectivity index is 2.14. The third-order valence-electron chi connectivity index (χ3n) is 2.95. The van der Waals surface area contributed by atoms with Gasteiger partial charge in [0.15, 0.2) is 12.6 Å². The summed E-state index contributed by atoms with van der Waals surface area (Å²) in [5, 5.41) is 14.2. The molecule has 0 aromatic rings. The van der Waals surface area contributed by atoms with Gasteiger partial charge in [-0.1, -0.05) is 5.16 Å². The fraction of sp³-hybridized carbons (Fsp3) is 0.714. The smallest absolute Gasteiger partial charge is 0.313 e. The fourth-order valence-electron chi connectivity index (χ4n) is 1.72. The molecule has 0 aliphatic carbocycles. The highest BCUT2D eigenvalue weighted by Gasteiger charge is 2.25. The highest BCUT2D eigenvalue weighted by molar-refractivity contribution is 5.90. The molecule has 1 saturated heterocycles. The number of oxime groups is 1. The maximum atomic E-state index is 11.5. The minimum Gasteiger partial charge on any atom is -0.438 e. The lowest BCUT2D eigenvalue weighted by Crippen LogP contribution is -2.27. The lowest BCUT2D eigenvalue weighted by atomic mass is 9.98. The van der Waals surface area contributed by atoms with Crippen LogP contribution in [0, 0.1) is 5.41 Å². The highest BCUT2D eigenvalue weighted by Crippen LogP contribution is 2.18. The van der Waals surface area contributed by atoms with Gasteiger partial charge in [0.2, 0.25) is 0 Å². The molecule has 0 aromatic carbocycles. The summed E-state index contributed by atoms with van der Waals surface area (Å²) >= 11 is 0. The van der Waals surface area contributed by atoms with Crippen LogP contribution in [-0.4, -0.2) is 42.7 Å². The van der Waals surface area contributed by atoms with Crippen LogP contribution in [0.25, 0.3) is 0 Å². The van der Waals surface area contributed by atoms with E-state index < -0.39 is 5.41 Å². The van der Waals surface area contributed by atoms with Gasteiger partial charge in [0.1, 0.15) is 6.23 Å². The number of amidine groups is 1. The van der Waals surface area contributed by atoms with Gasteiger partial charge in [-0.2, -0.15) is 0 Å². The van der Waals surface area contributed by atoms with Crippen molar-refractivity contribution in [3.05, 3.63) is 12.3 Å². The van der Waals surface area contributed by atoms with Crippen molar-refractivity contribution in [3.8, 4) is 0 Å². The van der Waals surface area contributed by atoms with Gasteiger partial charge in [-0.3, -0.25) is 4.79 Å². The number of hydrogen-bond acceptors (Lipinski definition) is 7. The summed E-state index contributed by atoms with van der Waals surface area (Å²) in [5.74, 6) is -0.293. The Morgan fingerprint density at radius 2 is 2.23 bits per heavy atom. The van der Waals surface area contributed by atoms with Gasteiger partial charge in [-0.25, -0.2) is 0 Å². The van der Waals surface area contributed by atoms with Crippen LogP contribution in [0.5, 0.6) is 0 Å². The van der Waals surface area contributed by atoms with E-state index in [9.17, 15) is 4.79 Å². The molecule has 126 valence electrons. The maximum absolute atomic E-state index is 11.5. The largest absolute Gasteiger partial charge is 0.438 e. The molecule has 1 aliphatic rings. The van der Waals surface area contributed by atoms with Crippen molar-refractivity contribution in [1.29, 1.82) is 0 Å². The van der Waals surface area contributed by atoms with Gasteiger partial charge >= 0.3 is 5.97 Å². The van der Waals surface area contributed by atoms with Crippen molar-refractivity contribution in [1.82, 2.24) is 5.32 Å². The van der Waals surface area contributed by atoms with Crippen molar-refractivity contribution in [2.24, 2.45) is 16.3 Å². The Bertz CT molecular complexity index is 417. The molecule has 0 radical (unpaired) electrons. The summed E-state index contributed by atoms with van der Waals surface area (Å²) in [5.41, 5.74) is 4.76. The average molecular weight is 315 g/mol. The Hall–Kier alpha value is -1.80. The predicted octanol–water partition coefficient (Wildman–Crippen LogP) is 0.905. The Labute approximate surface area is 130 Å². The van der Waals surface area contributed by atoms with Crippen molar-refractivity contribution >= 4 is 11.8 Å². The molecular formula is C14H25N3O5. The van der Waals surface area contributed by atoms with E-state index in [1.54, 1.807) is 27.0 Å². The molecule has 0 bridgehead atoms. The van der Waals surface area contributed by atoms with E-state index in [0.29, 0.717) is 6.61 Å². The molecular weight excluding hydrogens is 290 g/mol. The molecule has 1 fully saturated rings. The quantitative estimate of drug-likeness (QED) is 0.122. The third kappa shape index (κ3) is 6.77. The first-order valence-electron chi connectivity index (χ1n) is 7.13. The lowest BCUT2D eigenvalue weighted by molar-refractivity contribution is -0.168. The van der Waals surface area contributed by atoms with E-state index in [-0.39, 0.29) is 30.9 Å². The molecule has 0 spiro atoms. The maximum Gasteiger partial charge on any atom is 0.313 e. The second-order valence-corrected chi connectivity index (χ2v) is 6.02. The van der Waals surface area contributed by atoms with E-state index in [1.165, 1.54) is 6.08 Å². The van der Waals surface area contributed by atoms with Crippen LogP contribution in [0.15, 0.2) is 17.4 Å². The molecule has 22 heavy (non-hydrogen) atoms. The number of esters is 1. The van der Waals surface area contributed by atoms with Crippen LogP contribution in [0.4, 0.5) is 0 Å². The third-order valence-corrected chi connectivity index (χ3v) is 2.95. The SMILES string of the molecule is CC(C)(C)C(=O)OCOCC1CC[C@H](N/C=C\C(N)=N\O)O1. The zero-order valence-electron chi connectivity index (χ0n) is 13.2. The molecule has 1 aliphatic heterocycles. The number of rotatable bonds is 7. The van der Waals surface area contributed by atoms with Gasteiger partial charge in [-0.15, -0.1) is 0 Å². The number of hydrogen-bond donors (Lipinski definition) is 3. The van der Waals surface area contributed by atoms with Crippen LogP contribution in [0.3, 0.4) is 0 Å². The molecule has 0 aromatic heterocycles. The molecule has 8 nitrogen and oxygen atoms in total. The van der Waals surface area contributed by atoms with E-state index in [4.69, 9.17) is 25.2 Å². The van der Waals surface area contributed by atoms with Crippen LogP contribution < -0.4 is 11.1 Å². The summed E-state index contributed by atoms with van der Waals surface area (Å²) < 4.78 is 16.0. The number of nitrogens with zero attached hydrogens (tertiary/aromatic N) is 1. The summed E-state index contributed by atoms with van der Waals surface area (Å²) in [7, 11) is 0. The monoisotopic (exact) mass is 315 g/mol. The number of ether oxygens (including phenoxy) is 3. The summed E-state index contributed by atoms with van der Waals surface area (Å²) in [6.07, 6.45) is 4.45. The predicted molar refractivity (Wildman–Crippen MR) is 79.9 cm³/mol. The summed E-state index contributed by atoms with van der Waals surface area (Å²) in [6.45, 7) is 5.64. The van der Waals surface area contributed by atoms with E-state index in [1.807, 2.05) is 0 Å². The molecule has 8 heteroatoms. The topological polar surface area (TPSA) is 115 Å². The first kappa shape index (κ1) is 18.2. The number of nitrogens with two attached hydrogens (primary N) is 1. The number of carbonyl (C=O) groups is 1. The highest BCUT2D eigenvalue weighted by atomic mass is 16.7. The Kier molecular flexibility index (Phi) is 7.13. The van der Waals surface area contributed by atoms with Gasteiger partial charge < -0.3 is 30.5 Å². The Morgan fingerprint density at radius 3 is 2.86 bits per heavy atom. The van der Waals surface area contributed by atoms with Crippen molar-refractivity contribution in [2.75, 3.05) is 13.4 Å². The van der Waals surface area contributed by atoms with Crippen LogP contribution >= 0.6 is 0 Å². The normalized spacial score (nSPS) is 23.0. The second-order valence-electron chi connectivity index (χ2n) is 6.02. The number of nitrogens with one attached hydrogen (secondary N) is 1. The first-order chi connectivity index (χ1) is 10.3. The van der Waals surface area contributed by atoms with Gasteiger partial charge in [0.05, 0.1) is 18.1 Å². The van der Waals surface area contributed by atoms with Gasteiger partial charge in [0, 0.05) is 6.20 Å². The zero-order valence-corrected chi connectivity index (χ0v) is 13.2. The van der Waals surface area contributed by atoms with Crippen LogP contribution in [-0.2, 0) is 19.0 Å². The second kappa shape index (κ2) is 8.60. The van der Waals surface area contributed by atoms with E-state index >= 15 is 0 Å². The Morgan fingerprint density at radius 1 is 1.50 bits per heavy atom. The first-order valence-corrected chi connectivity index (χ1v) is 7.13. The van der Waals surface area contributed by atoms with Crippen LogP contribution in [0.1, 0.15) is 33.6 Å². The standard InChI is InChI=1S/C14H25N3O5/c1-14(2,3)13(18)21-9-20-8-10-4-5-12(22-10)16-7-6-11(15)17-19/h6-7,10,12,16,19H,4-5,8-9H2,1-3H3,(H2,15,17)/b7-6-/t10?,12-/m1/s1. The van der Waals surface area contributed by atoms with Gasteiger partial charge in [-0.05, 0) is 39.7 Å². The molecule has 1 heterocycles. The molecule has 2 atom stereocenters. The summed E-state index contributed by atoms with van der Waals surface area (Å²) in [4.78, 5) is 11.5. The minimum absolute atomic E-state index is 0.00560.